The van der Waals surface area contributed by atoms with Gasteiger partial charge in [0, 0.05) is 36.6 Å². The molecule has 5 rings (SSSR count). The molecule has 7 nitrogen and oxygen atoms in total. The van der Waals surface area contributed by atoms with Crippen molar-refractivity contribution in [3.63, 3.8) is 0 Å². The topological polar surface area (TPSA) is 68.6 Å². The van der Waals surface area contributed by atoms with Crippen molar-refractivity contribution in [2.75, 3.05) is 25.5 Å². The van der Waals surface area contributed by atoms with Gasteiger partial charge in [-0.3, -0.25) is 5.32 Å². The maximum Gasteiger partial charge on any atom is 0.412 e. The number of anilines is 1. The Morgan fingerprint density at radius 2 is 1.73 bits per heavy atom. The Bertz CT molecular complexity index is 1250. The monoisotopic (exact) mass is 502 g/mol. The fourth-order valence-electron chi connectivity index (χ4n) is 5.28. The van der Waals surface area contributed by atoms with Crippen LogP contribution in [0.25, 0.3) is 11.3 Å². The minimum absolute atomic E-state index is 0.187. The van der Waals surface area contributed by atoms with E-state index in [2.05, 4.69) is 53.0 Å². The summed E-state index contributed by atoms with van der Waals surface area (Å²) in [7, 11) is 2.17. The number of nitrogens with zero attached hydrogens (tertiary/aromatic N) is 3. The highest BCUT2D eigenvalue weighted by Gasteiger charge is 2.32. The van der Waals surface area contributed by atoms with E-state index in [9.17, 15) is 4.79 Å². The molecule has 1 saturated heterocycles. The summed E-state index contributed by atoms with van der Waals surface area (Å²) >= 11 is 0. The van der Waals surface area contributed by atoms with Crippen LogP contribution in [0, 0.1) is 6.92 Å². The zero-order valence-corrected chi connectivity index (χ0v) is 22.6. The molecule has 2 aromatic carbocycles. The van der Waals surface area contributed by atoms with Crippen LogP contribution in [0.1, 0.15) is 62.4 Å². The van der Waals surface area contributed by atoms with E-state index in [0.29, 0.717) is 5.69 Å². The summed E-state index contributed by atoms with van der Waals surface area (Å²) in [6.07, 6.45) is 2.60. The van der Waals surface area contributed by atoms with Crippen molar-refractivity contribution >= 4 is 11.8 Å². The first-order valence-corrected chi connectivity index (χ1v) is 13.3. The van der Waals surface area contributed by atoms with Crippen LogP contribution in [0.15, 0.2) is 48.5 Å². The third kappa shape index (κ3) is 5.73. The van der Waals surface area contributed by atoms with Gasteiger partial charge in [-0.15, -0.1) is 0 Å². The zero-order valence-electron chi connectivity index (χ0n) is 22.6. The first-order chi connectivity index (χ1) is 17.7. The van der Waals surface area contributed by atoms with Gasteiger partial charge in [0.25, 0.3) is 0 Å². The maximum absolute atomic E-state index is 12.2. The number of aryl methyl sites for hydroxylation is 1. The van der Waals surface area contributed by atoms with Gasteiger partial charge in [-0.1, -0.05) is 36.4 Å². The van der Waals surface area contributed by atoms with Gasteiger partial charge in [0.1, 0.15) is 17.5 Å². The van der Waals surface area contributed by atoms with Crippen LogP contribution in [0.3, 0.4) is 0 Å². The molecule has 1 N–H and O–H groups in total. The SMILES string of the molecule is Cc1c(-c2ccc(NC(=O)OC(C)(C)C)cc2)nc2n1CCc1ccccc1C2OC1CCN(C)CC1. The van der Waals surface area contributed by atoms with Gasteiger partial charge >= 0.3 is 6.09 Å². The first kappa shape index (κ1) is 25.5. The molecule has 0 bridgehead atoms. The number of likely N-dealkylation sites (tertiary alicyclic amines) is 1. The van der Waals surface area contributed by atoms with E-state index in [1.807, 2.05) is 45.0 Å². The number of amides is 1. The average Bonchev–Trinajstić information content (AvgIpc) is 3.09. The van der Waals surface area contributed by atoms with E-state index < -0.39 is 11.7 Å². The van der Waals surface area contributed by atoms with Crippen molar-refractivity contribution in [3.8, 4) is 11.3 Å². The molecule has 1 fully saturated rings. The highest BCUT2D eigenvalue weighted by Crippen LogP contribution is 2.37. The molecule has 196 valence electrons. The second-order valence-corrected chi connectivity index (χ2v) is 11.2. The first-order valence-electron chi connectivity index (χ1n) is 13.3. The lowest BCUT2D eigenvalue weighted by molar-refractivity contribution is -0.0276. The van der Waals surface area contributed by atoms with Gasteiger partial charge in [-0.25, -0.2) is 9.78 Å². The Kier molecular flexibility index (Phi) is 7.10. The molecule has 2 aliphatic rings. The number of imidazole rings is 1. The van der Waals surface area contributed by atoms with Crippen molar-refractivity contribution in [1.29, 1.82) is 0 Å². The van der Waals surface area contributed by atoms with E-state index in [4.69, 9.17) is 14.5 Å². The molecule has 3 aromatic rings. The molecule has 0 spiro atoms. The summed E-state index contributed by atoms with van der Waals surface area (Å²) in [4.78, 5) is 19.7. The fourth-order valence-corrected chi connectivity index (χ4v) is 5.28. The molecule has 1 unspecified atom stereocenters. The van der Waals surface area contributed by atoms with Gasteiger partial charge in [-0.2, -0.15) is 0 Å². The predicted molar refractivity (Wildman–Crippen MR) is 146 cm³/mol. The molecular weight excluding hydrogens is 464 g/mol. The molecule has 2 aliphatic heterocycles. The summed E-state index contributed by atoms with van der Waals surface area (Å²) in [5, 5.41) is 2.81. The molecule has 1 aromatic heterocycles. The van der Waals surface area contributed by atoms with Crippen LogP contribution in [0.4, 0.5) is 10.5 Å². The summed E-state index contributed by atoms with van der Waals surface area (Å²) in [6, 6.07) is 16.4. The zero-order chi connectivity index (χ0) is 26.2. The van der Waals surface area contributed by atoms with Crippen LogP contribution < -0.4 is 5.32 Å². The number of fused-ring (bicyclic) bond motifs is 2. The van der Waals surface area contributed by atoms with E-state index in [0.717, 1.165) is 61.7 Å². The second kappa shape index (κ2) is 10.3. The molecule has 0 aliphatic carbocycles. The number of benzene rings is 2. The summed E-state index contributed by atoms with van der Waals surface area (Å²) in [5.41, 5.74) is 5.81. The van der Waals surface area contributed by atoms with Gasteiger partial charge in [0.15, 0.2) is 0 Å². The smallest absolute Gasteiger partial charge is 0.412 e. The van der Waals surface area contributed by atoms with Crippen molar-refractivity contribution < 1.29 is 14.3 Å². The van der Waals surface area contributed by atoms with E-state index in [1.54, 1.807) is 0 Å². The molecule has 0 radical (unpaired) electrons. The third-order valence-corrected chi connectivity index (χ3v) is 7.23. The number of carbonyl (C=O) groups excluding carboxylic acids is 1. The van der Waals surface area contributed by atoms with Crippen LogP contribution in [0.2, 0.25) is 0 Å². The Hall–Kier alpha value is -3.16. The lowest BCUT2D eigenvalue weighted by atomic mass is 10.00. The van der Waals surface area contributed by atoms with Crippen LogP contribution >= 0.6 is 0 Å². The highest BCUT2D eigenvalue weighted by atomic mass is 16.6. The highest BCUT2D eigenvalue weighted by molar-refractivity contribution is 5.85. The lowest BCUT2D eigenvalue weighted by Crippen LogP contribution is -2.35. The number of nitrogens with one attached hydrogen (secondary N) is 1. The minimum atomic E-state index is -0.542. The number of aromatic nitrogens is 2. The minimum Gasteiger partial charge on any atom is -0.444 e. The maximum atomic E-state index is 12.2. The second-order valence-electron chi connectivity index (χ2n) is 11.2. The third-order valence-electron chi connectivity index (χ3n) is 7.23. The Morgan fingerprint density at radius 1 is 1.03 bits per heavy atom. The Morgan fingerprint density at radius 3 is 2.43 bits per heavy atom. The van der Waals surface area contributed by atoms with Gasteiger partial charge in [-0.05, 0) is 77.3 Å². The number of carbonyl (C=O) groups is 1. The molecular formula is C30H38N4O3. The van der Waals surface area contributed by atoms with Crippen molar-refractivity contribution in [2.45, 2.75) is 71.3 Å². The van der Waals surface area contributed by atoms with Crippen molar-refractivity contribution in [3.05, 3.63) is 71.2 Å². The lowest BCUT2D eigenvalue weighted by Gasteiger charge is -2.32. The average molecular weight is 503 g/mol. The van der Waals surface area contributed by atoms with E-state index in [1.165, 1.54) is 11.1 Å². The van der Waals surface area contributed by atoms with Crippen molar-refractivity contribution in [1.82, 2.24) is 14.5 Å². The Balaban J connectivity index is 1.43. The largest absolute Gasteiger partial charge is 0.444 e. The number of ether oxygens (including phenoxy) is 2. The van der Waals surface area contributed by atoms with Crippen molar-refractivity contribution in [2.24, 2.45) is 0 Å². The van der Waals surface area contributed by atoms with Gasteiger partial charge in [0.05, 0.1) is 11.8 Å². The standard InChI is InChI=1S/C30H38N4O3/c1-20-26(22-10-12-23(13-11-22)31-29(35)37-30(2,3)4)32-28-27(36-24-15-17-33(5)18-16-24)25-9-7-6-8-21(25)14-19-34(20)28/h6-13,24,27H,14-19H2,1-5H3,(H,31,35). The van der Waals surface area contributed by atoms with E-state index in [-0.39, 0.29) is 12.2 Å². The molecule has 0 saturated carbocycles. The van der Waals surface area contributed by atoms with Crippen LogP contribution in [0.5, 0.6) is 0 Å². The van der Waals surface area contributed by atoms with Gasteiger partial charge in [0.2, 0.25) is 0 Å². The molecule has 1 atom stereocenters. The van der Waals surface area contributed by atoms with Crippen LogP contribution in [-0.4, -0.2) is 52.4 Å². The summed E-state index contributed by atoms with van der Waals surface area (Å²) in [6.45, 7) is 10.7. The predicted octanol–water partition coefficient (Wildman–Crippen LogP) is 5.96. The quantitative estimate of drug-likeness (QED) is 0.477. The number of hydrogen-bond acceptors (Lipinski definition) is 5. The van der Waals surface area contributed by atoms with E-state index >= 15 is 0 Å². The molecule has 37 heavy (non-hydrogen) atoms. The normalized spacial score (nSPS) is 18.6. The molecule has 3 heterocycles. The number of rotatable bonds is 4. The Labute approximate surface area is 219 Å². The molecule has 1 amide bonds. The summed E-state index contributed by atoms with van der Waals surface area (Å²) in [5.74, 6) is 0.979. The van der Waals surface area contributed by atoms with Crippen LogP contribution in [-0.2, 0) is 22.4 Å². The van der Waals surface area contributed by atoms with Gasteiger partial charge < -0.3 is 18.9 Å². The molecule has 7 heteroatoms. The number of hydrogen-bond donors (Lipinski definition) is 1. The number of piperidine rings is 1. The fraction of sp³-hybridized carbons (Fsp3) is 0.467. The summed E-state index contributed by atoms with van der Waals surface area (Å²) < 4.78 is 14.6.